The zero-order chi connectivity index (χ0) is 17.4. The summed E-state index contributed by atoms with van der Waals surface area (Å²) in [4.78, 5) is 22.7. The molecule has 0 fully saturated rings. The lowest BCUT2D eigenvalue weighted by atomic mass is 10.2. The van der Waals surface area contributed by atoms with E-state index in [0.29, 0.717) is 42.2 Å². The summed E-state index contributed by atoms with van der Waals surface area (Å²) >= 11 is 0. The molecule has 0 bridgehead atoms. The van der Waals surface area contributed by atoms with Crippen LogP contribution in [0.4, 0.5) is 5.69 Å². The van der Waals surface area contributed by atoms with E-state index in [-0.39, 0.29) is 18.1 Å². The van der Waals surface area contributed by atoms with E-state index in [2.05, 4.69) is 33.0 Å². The number of carbonyl (C=O) groups excluding carboxylic acids is 2. The summed E-state index contributed by atoms with van der Waals surface area (Å²) < 4.78 is 11.6. The lowest BCUT2D eigenvalue weighted by Gasteiger charge is -2.16. The first-order chi connectivity index (χ1) is 10.8. The first kappa shape index (κ1) is 19.0. The summed E-state index contributed by atoms with van der Waals surface area (Å²) in [6.45, 7) is 10.8. The van der Waals surface area contributed by atoms with Crippen molar-refractivity contribution in [1.82, 2.24) is 0 Å². The van der Waals surface area contributed by atoms with Crippen LogP contribution in [0.3, 0.4) is 0 Å². The summed E-state index contributed by atoms with van der Waals surface area (Å²) in [6, 6.07) is 5.26. The minimum atomic E-state index is -0.330. The number of ether oxygens (including phenoxy) is 2. The first-order valence-corrected chi connectivity index (χ1v) is 7.96. The van der Waals surface area contributed by atoms with Gasteiger partial charge in [-0.25, -0.2) is 0 Å². The molecular formula is C18H27NO4. The molecule has 0 atom stereocenters. The lowest BCUT2D eigenvalue weighted by molar-refractivity contribution is -0.124. The van der Waals surface area contributed by atoms with Gasteiger partial charge in [0.2, 0.25) is 5.91 Å². The van der Waals surface area contributed by atoms with Crippen LogP contribution in [0.25, 0.3) is 0 Å². The highest BCUT2D eigenvalue weighted by molar-refractivity contribution is 6.03. The van der Waals surface area contributed by atoms with Crippen molar-refractivity contribution in [2.24, 2.45) is 11.8 Å². The molecular weight excluding hydrogens is 294 g/mol. The Balaban J connectivity index is 2.86. The van der Waals surface area contributed by atoms with Crippen molar-refractivity contribution in [3.05, 3.63) is 18.2 Å². The van der Waals surface area contributed by atoms with Crippen molar-refractivity contribution in [3.63, 3.8) is 0 Å². The third-order valence-corrected chi connectivity index (χ3v) is 2.78. The summed E-state index contributed by atoms with van der Waals surface area (Å²) in [5.41, 5.74) is 0.590. The van der Waals surface area contributed by atoms with E-state index < -0.39 is 0 Å². The molecule has 128 valence electrons. The predicted molar refractivity (Wildman–Crippen MR) is 91.0 cm³/mol. The third kappa shape index (κ3) is 7.68. The van der Waals surface area contributed by atoms with Gasteiger partial charge in [0.25, 0.3) is 0 Å². The summed E-state index contributed by atoms with van der Waals surface area (Å²) in [7, 11) is 0. The molecule has 5 heteroatoms. The molecule has 0 spiro atoms. The third-order valence-electron chi connectivity index (χ3n) is 2.78. The SMILES string of the molecule is CC(=O)CC(=O)Nc1ccc(OCC(C)C)c(OCC(C)C)c1. The highest BCUT2D eigenvalue weighted by Crippen LogP contribution is 2.31. The van der Waals surface area contributed by atoms with Crippen LogP contribution in [0.2, 0.25) is 0 Å². The minimum Gasteiger partial charge on any atom is -0.489 e. The Morgan fingerprint density at radius 2 is 1.57 bits per heavy atom. The van der Waals surface area contributed by atoms with Gasteiger partial charge in [-0.05, 0) is 30.9 Å². The number of benzene rings is 1. The Labute approximate surface area is 138 Å². The van der Waals surface area contributed by atoms with Crippen LogP contribution in [0.1, 0.15) is 41.0 Å². The molecule has 1 aromatic carbocycles. The molecule has 5 nitrogen and oxygen atoms in total. The monoisotopic (exact) mass is 321 g/mol. The normalized spacial score (nSPS) is 10.7. The van der Waals surface area contributed by atoms with Crippen molar-refractivity contribution < 1.29 is 19.1 Å². The van der Waals surface area contributed by atoms with Gasteiger partial charge >= 0.3 is 0 Å². The smallest absolute Gasteiger partial charge is 0.231 e. The Hall–Kier alpha value is -2.04. The van der Waals surface area contributed by atoms with Gasteiger partial charge in [0.1, 0.15) is 5.78 Å². The summed E-state index contributed by atoms with van der Waals surface area (Å²) in [5.74, 6) is 1.54. The number of ketones is 1. The van der Waals surface area contributed by atoms with Gasteiger partial charge in [0, 0.05) is 11.8 Å². The van der Waals surface area contributed by atoms with E-state index in [1.807, 2.05) is 0 Å². The van der Waals surface area contributed by atoms with Crippen LogP contribution < -0.4 is 14.8 Å². The maximum atomic E-state index is 11.7. The second-order valence-corrected chi connectivity index (χ2v) is 6.50. The van der Waals surface area contributed by atoms with E-state index in [0.717, 1.165) is 0 Å². The average molecular weight is 321 g/mol. The molecule has 0 unspecified atom stereocenters. The maximum absolute atomic E-state index is 11.7. The molecule has 1 N–H and O–H groups in total. The molecule has 23 heavy (non-hydrogen) atoms. The topological polar surface area (TPSA) is 64.6 Å². The summed E-state index contributed by atoms with van der Waals surface area (Å²) in [6.07, 6.45) is -0.131. The number of anilines is 1. The van der Waals surface area contributed by atoms with Gasteiger partial charge in [-0.2, -0.15) is 0 Å². The quantitative estimate of drug-likeness (QED) is 0.705. The van der Waals surface area contributed by atoms with Crippen LogP contribution in [0, 0.1) is 11.8 Å². The molecule has 1 rings (SSSR count). The number of Topliss-reactive ketones (excluding diaryl/α,β-unsaturated/α-hetero) is 1. The fraction of sp³-hybridized carbons (Fsp3) is 0.556. The number of amides is 1. The standard InChI is InChI=1S/C18H27NO4/c1-12(2)10-22-16-7-6-15(19-18(21)8-14(5)20)9-17(16)23-11-13(3)4/h6-7,9,12-13H,8,10-11H2,1-5H3,(H,19,21). The highest BCUT2D eigenvalue weighted by Gasteiger charge is 2.11. The van der Waals surface area contributed by atoms with Crippen LogP contribution in [-0.4, -0.2) is 24.9 Å². The first-order valence-electron chi connectivity index (χ1n) is 7.96. The molecule has 0 radical (unpaired) electrons. The Morgan fingerprint density at radius 3 is 2.09 bits per heavy atom. The van der Waals surface area contributed by atoms with Crippen LogP contribution in [0.15, 0.2) is 18.2 Å². The van der Waals surface area contributed by atoms with Crippen molar-refractivity contribution in [1.29, 1.82) is 0 Å². The van der Waals surface area contributed by atoms with Crippen LogP contribution in [0.5, 0.6) is 11.5 Å². The van der Waals surface area contributed by atoms with Crippen LogP contribution >= 0.6 is 0 Å². The molecule has 0 aliphatic carbocycles. The van der Waals surface area contributed by atoms with Gasteiger partial charge in [-0.3, -0.25) is 9.59 Å². The molecule has 0 heterocycles. The average Bonchev–Trinajstić information content (AvgIpc) is 2.42. The number of hydrogen-bond acceptors (Lipinski definition) is 4. The molecule has 1 amide bonds. The van der Waals surface area contributed by atoms with E-state index in [1.165, 1.54) is 6.92 Å². The summed E-state index contributed by atoms with van der Waals surface area (Å²) in [5, 5.41) is 2.70. The minimum absolute atomic E-state index is 0.131. The second-order valence-electron chi connectivity index (χ2n) is 6.50. The Kier molecular flexibility index (Phi) is 7.59. The van der Waals surface area contributed by atoms with E-state index in [4.69, 9.17) is 9.47 Å². The molecule has 0 saturated heterocycles. The van der Waals surface area contributed by atoms with Crippen LogP contribution in [-0.2, 0) is 9.59 Å². The van der Waals surface area contributed by atoms with Gasteiger partial charge in [0.05, 0.1) is 19.6 Å². The fourth-order valence-electron chi connectivity index (χ4n) is 1.76. The molecule has 0 aliphatic heterocycles. The van der Waals surface area contributed by atoms with Crippen molar-refractivity contribution in [2.45, 2.75) is 41.0 Å². The maximum Gasteiger partial charge on any atom is 0.231 e. The van der Waals surface area contributed by atoms with Gasteiger partial charge in [0.15, 0.2) is 11.5 Å². The number of rotatable bonds is 9. The highest BCUT2D eigenvalue weighted by atomic mass is 16.5. The van der Waals surface area contributed by atoms with Gasteiger partial charge < -0.3 is 14.8 Å². The Morgan fingerprint density at radius 1 is 1.00 bits per heavy atom. The van der Waals surface area contributed by atoms with E-state index in [9.17, 15) is 9.59 Å². The number of carbonyl (C=O) groups is 2. The molecule has 1 aromatic rings. The van der Waals surface area contributed by atoms with Gasteiger partial charge in [-0.15, -0.1) is 0 Å². The number of nitrogens with one attached hydrogen (secondary N) is 1. The van der Waals surface area contributed by atoms with Crippen molar-refractivity contribution in [3.8, 4) is 11.5 Å². The second kappa shape index (κ2) is 9.18. The largest absolute Gasteiger partial charge is 0.489 e. The zero-order valence-electron chi connectivity index (χ0n) is 14.6. The zero-order valence-corrected chi connectivity index (χ0v) is 14.6. The fourth-order valence-corrected chi connectivity index (χ4v) is 1.76. The molecule has 0 saturated carbocycles. The van der Waals surface area contributed by atoms with E-state index >= 15 is 0 Å². The number of hydrogen-bond donors (Lipinski definition) is 1. The predicted octanol–water partition coefficient (Wildman–Crippen LogP) is 3.67. The van der Waals surface area contributed by atoms with Crippen molar-refractivity contribution >= 4 is 17.4 Å². The van der Waals surface area contributed by atoms with Gasteiger partial charge in [-0.1, -0.05) is 27.7 Å². The lowest BCUT2D eigenvalue weighted by Crippen LogP contribution is -2.15. The van der Waals surface area contributed by atoms with Crippen molar-refractivity contribution in [2.75, 3.05) is 18.5 Å². The van der Waals surface area contributed by atoms with E-state index in [1.54, 1.807) is 18.2 Å². The molecule has 0 aliphatic rings. The molecule has 0 aromatic heterocycles. The Bertz CT molecular complexity index is 538.